The van der Waals surface area contributed by atoms with E-state index in [0.717, 1.165) is 44.4 Å². The summed E-state index contributed by atoms with van der Waals surface area (Å²) < 4.78 is 10.3. The Balaban J connectivity index is 2.03. The third kappa shape index (κ3) is 9.59. The Labute approximate surface area is 160 Å². The van der Waals surface area contributed by atoms with Gasteiger partial charge >= 0.3 is 11.9 Å². The van der Waals surface area contributed by atoms with Crippen LogP contribution >= 0.6 is 0 Å². The van der Waals surface area contributed by atoms with Crippen LogP contribution < -0.4 is 0 Å². The lowest BCUT2D eigenvalue weighted by Crippen LogP contribution is -2.34. The van der Waals surface area contributed by atoms with Gasteiger partial charge < -0.3 is 9.47 Å². The lowest BCUT2D eigenvalue weighted by Gasteiger charge is -2.27. The molecule has 0 spiro atoms. The van der Waals surface area contributed by atoms with Crippen molar-refractivity contribution in [1.29, 1.82) is 0 Å². The Hall–Kier alpha value is -1.06. The van der Waals surface area contributed by atoms with Crippen LogP contribution in [0.2, 0.25) is 0 Å². The van der Waals surface area contributed by atoms with Crippen molar-refractivity contribution in [2.24, 2.45) is 17.8 Å². The third-order valence-corrected chi connectivity index (χ3v) is 5.49. The van der Waals surface area contributed by atoms with Gasteiger partial charge in [-0.1, -0.05) is 78.1 Å². The first kappa shape index (κ1) is 23.0. The number of rotatable bonds is 13. The minimum absolute atomic E-state index is 0.203. The molecule has 26 heavy (non-hydrogen) atoms. The zero-order chi connectivity index (χ0) is 19.2. The van der Waals surface area contributed by atoms with Crippen LogP contribution in [0.1, 0.15) is 97.3 Å². The van der Waals surface area contributed by atoms with Crippen molar-refractivity contribution in [2.75, 3.05) is 13.7 Å². The van der Waals surface area contributed by atoms with Gasteiger partial charge in [0.25, 0.3) is 0 Å². The summed E-state index contributed by atoms with van der Waals surface area (Å²) in [6.45, 7) is 5.06. The highest BCUT2D eigenvalue weighted by molar-refractivity contribution is 5.82. The quantitative estimate of drug-likeness (QED) is 0.310. The molecule has 0 saturated heterocycles. The van der Waals surface area contributed by atoms with E-state index in [1.807, 2.05) is 0 Å². The zero-order valence-corrected chi connectivity index (χ0v) is 17.3. The fraction of sp³-hybridized carbons (Fsp3) is 0.909. The predicted octanol–water partition coefficient (Wildman–Crippen LogP) is 5.68. The number of unbranched alkanes of at least 4 members (excludes halogenated alkanes) is 7. The van der Waals surface area contributed by atoms with E-state index >= 15 is 0 Å². The summed E-state index contributed by atoms with van der Waals surface area (Å²) in [5, 5.41) is 0. The van der Waals surface area contributed by atoms with Crippen LogP contribution in [0.25, 0.3) is 0 Å². The maximum Gasteiger partial charge on any atom is 0.309 e. The number of hydrogen-bond donors (Lipinski definition) is 0. The fourth-order valence-electron chi connectivity index (χ4n) is 3.84. The highest BCUT2D eigenvalue weighted by Gasteiger charge is 2.37. The molecule has 0 N–H and O–H groups in total. The topological polar surface area (TPSA) is 52.6 Å². The highest BCUT2D eigenvalue weighted by Crippen LogP contribution is 2.32. The van der Waals surface area contributed by atoms with Gasteiger partial charge in [0.05, 0.1) is 25.6 Å². The van der Waals surface area contributed by atoms with E-state index in [2.05, 4.69) is 13.8 Å². The Morgan fingerprint density at radius 2 is 1.31 bits per heavy atom. The number of carbonyl (C=O) groups is 2. The summed E-state index contributed by atoms with van der Waals surface area (Å²) in [5.74, 6) is -0.251. The maximum absolute atomic E-state index is 12.3. The Kier molecular flexibility index (Phi) is 12.4. The lowest BCUT2D eigenvalue weighted by atomic mass is 9.79. The van der Waals surface area contributed by atoms with Crippen LogP contribution in [0.5, 0.6) is 0 Å². The SMILES string of the molecule is COC(=O)C1CCCCC1C(=O)OCCCCCCCCCCC(C)C. The van der Waals surface area contributed by atoms with Crippen molar-refractivity contribution in [3.8, 4) is 0 Å². The monoisotopic (exact) mass is 368 g/mol. The molecule has 0 heterocycles. The smallest absolute Gasteiger partial charge is 0.309 e. The fourth-order valence-corrected chi connectivity index (χ4v) is 3.84. The van der Waals surface area contributed by atoms with Crippen molar-refractivity contribution < 1.29 is 19.1 Å². The summed E-state index contributed by atoms with van der Waals surface area (Å²) in [6, 6.07) is 0. The van der Waals surface area contributed by atoms with Gasteiger partial charge in [0, 0.05) is 0 Å². The Morgan fingerprint density at radius 3 is 1.85 bits per heavy atom. The van der Waals surface area contributed by atoms with Crippen molar-refractivity contribution in [3.05, 3.63) is 0 Å². The Morgan fingerprint density at radius 1 is 0.808 bits per heavy atom. The van der Waals surface area contributed by atoms with Gasteiger partial charge in [-0.25, -0.2) is 0 Å². The molecule has 1 aliphatic carbocycles. The molecule has 0 aliphatic heterocycles. The minimum Gasteiger partial charge on any atom is -0.469 e. The largest absolute Gasteiger partial charge is 0.469 e. The Bertz CT molecular complexity index is 392. The van der Waals surface area contributed by atoms with Gasteiger partial charge in [0.1, 0.15) is 0 Å². The normalized spacial score (nSPS) is 20.2. The molecule has 0 aromatic carbocycles. The summed E-state index contributed by atoms with van der Waals surface area (Å²) in [4.78, 5) is 24.1. The summed E-state index contributed by atoms with van der Waals surface area (Å²) >= 11 is 0. The average molecular weight is 369 g/mol. The van der Waals surface area contributed by atoms with Gasteiger partial charge in [-0.2, -0.15) is 0 Å². The molecule has 2 unspecified atom stereocenters. The number of carbonyl (C=O) groups excluding carboxylic acids is 2. The lowest BCUT2D eigenvalue weighted by molar-refractivity contribution is -0.161. The van der Waals surface area contributed by atoms with E-state index in [1.165, 1.54) is 52.1 Å². The molecule has 152 valence electrons. The van der Waals surface area contributed by atoms with E-state index in [9.17, 15) is 9.59 Å². The van der Waals surface area contributed by atoms with Gasteiger partial charge in [0.15, 0.2) is 0 Å². The molecule has 4 nitrogen and oxygen atoms in total. The van der Waals surface area contributed by atoms with E-state index in [0.29, 0.717) is 6.61 Å². The van der Waals surface area contributed by atoms with Crippen LogP contribution in [0.4, 0.5) is 0 Å². The third-order valence-electron chi connectivity index (χ3n) is 5.49. The maximum atomic E-state index is 12.3. The van der Waals surface area contributed by atoms with Crippen LogP contribution in [0.15, 0.2) is 0 Å². The molecule has 0 bridgehead atoms. The average Bonchev–Trinajstić information content (AvgIpc) is 2.65. The number of esters is 2. The molecule has 1 rings (SSSR count). The molecule has 4 heteroatoms. The molecular formula is C22H40O4. The predicted molar refractivity (Wildman–Crippen MR) is 105 cm³/mol. The molecular weight excluding hydrogens is 328 g/mol. The van der Waals surface area contributed by atoms with Crippen molar-refractivity contribution in [3.63, 3.8) is 0 Å². The molecule has 2 atom stereocenters. The molecule has 0 amide bonds. The first-order valence-corrected chi connectivity index (χ1v) is 10.8. The van der Waals surface area contributed by atoms with Gasteiger partial charge in [0.2, 0.25) is 0 Å². The first-order chi connectivity index (χ1) is 12.6. The number of ether oxygens (including phenoxy) is 2. The molecule has 1 saturated carbocycles. The van der Waals surface area contributed by atoms with Crippen LogP contribution in [-0.4, -0.2) is 25.7 Å². The van der Waals surface area contributed by atoms with Crippen molar-refractivity contribution >= 4 is 11.9 Å². The van der Waals surface area contributed by atoms with Crippen LogP contribution in [0.3, 0.4) is 0 Å². The molecule has 0 aromatic heterocycles. The van der Waals surface area contributed by atoms with E-state index in [1.54, 1.807) is 0 Å². The summed E-state index contributed by atoms with van der Waals surface area (Å²) in [5.41, 5.74) is 0. The van der Waals surface area contributed by atoms with Gasteiger partial charge in [-0.05, 0) is 25.2 Å². The molecule has 0 radical (unpaired) electrons. The summed E-state index contributed by atoms with van der Waals surface area (Å²) in [7, 11) is 1.39. The van der Waals surface area contributed by atoms with Crippen molar-refractivity contribution in [1.82, 2.24) is 0 Å². The second kappa shape index (κ2) is 14.1. The van der Waals surface area contributed by atoms with Crippen LogP contribution in [0, 0.1) is 17.8 Å². The van der Waals surface area contributed by atoms with Crippen LogP contribution in [-0.2, 0) is 19.1 Å². The second-order valence-corrected chi connectivity index (χ2v) is 8.20. The first-order valence-electron chi connectivity index (χ1n) is 10.8. The molecule has 1 fully saturated rings. The van der Waals surface area contributed by atoms with Gasteiger partial charge in [-0.3, -0.25) is 9.59 Å². The molecule has 1 aliphatic rings. The van der Waals surface area contributed by atoms with E-state index in [4.69, 9.17) is 9.47 Å². The van der Waals surface area contributed by atoms with E-state index in [-0.39, 0.29) is 23.8 Å². The minimum atomic E-state index is -0.308. The van der Waals surface area contributed by atoms with E-state index < -0.39 is 0 Å². The zero-order valence-electron chi connectivity index (χ0n) is 17.3. The highest BCUT2D eigenvalue weighted by atomic mass is 16.5. The number of hydrogen-bond acceptors (Lipinski definition) is 4. The summed E-state index contributed by atoms with van der Waals surface area (Å²) in [6.07, 6.45) is 14.7. The second-order valence-electron chi connectivity index (χ2n) is 8.20. The van der Waals surface area contributed by atoms with Crippen molar-refractivity contribution in [2.45, 2.75) is 97.3 Å². The molecule has 0 aromatic rings. The standard InChI is InChI=1S/C22H40O4/c1-18(2)14-10-8-6-4-5-7-9-13-17-26-22(24)20-16-12-11-15-19(20)21(23)25-3/h18-20H,4-17H2,1-3H3. The number of methoxy groups -OCH3 is 1. The van der Waals surface area contributed by atoms with Gasteiger partial charge in [-0.15, -0.1) is 0 Å².